The molecule has 122 valence electrons. The molecule has 21 heavy (non-hydrogen) atoms. The second-order valence-electron chi connectivity index (χ2n) is 4.61. The van der Waals surface area contributed by atoms with Gasteiger partial charge in [0.05, 0.1) is 0 Å². The highest BCUT2D eigenvalue weighted by Crippen LogP contribution is 2.04. The zero-order valence-electron chi connectivity index (χ0n) is 13.7. The molecule has 0 aliphatic carbocycles. The van der Waals surface area contributed by atoms with Gasteiger partial charge in [-0.05, 0) is 37.4 Å². The minimum atomic E-state index is -0.0443. The van der Waals surface area contributed by atoms with E-state index in [0.717, 1.165) is 19.6 Å². The summed E-state index contributed by atoms with van der Waals surface area (Å²) in [5.74, 6) is -0.0443. The van der Waals surface area contributed by atoms with Crippen LogP contribution >= 0.6 is 12.4 Å². The van der Waals surface area contributed by atoms with Gasteiger partial charge in [-0.2, -0.15) is 0 Å². The Morgan fingerprint density at radius 1 is 1.10 bits per heavy atom. The normalized spacial score (nSPS) is 9.38. The van der Waals surface area contributed by atoms with Crippen LogP contribution in [0.5, 0.6) is 0 Å². The molecule has 0 aliphatic rings. The number of carbonyl (C=O) groups is 1. The predicted molar refractivity (Wildman–Crippen MR) is 94.2 cm³/mol. The zero-order chi connectivity index (χ0) is 15.4. The monoisotopic (exact) mass is 315 g/mol. The molecule has 4 nitrogen and oxygen atoms in total. The molecule has 1 aromatic carbocycles. The van der Waals surface area contributed by atoms with E-state index in [1.165, 1.54) is 6.42 Å². The Bertz CT molecular complexity index is 364. The van der Waals surface area contributed by atoms with E-state index in [0.29, 0.717) is 17.8 Å². The molecule has 0 spiro atoms. The van der Waals surface area contributed by atoms with E-state index in [9.17, 15) is 4.79 Å². The summed E-state index contributed by atoms with van der Waals surface area (Å²) in [4.78, 5) is 14.0. The Labute approximate surface area is 135 Å². The summed E-state index contributed by atoms with van der Waals surface area (Å²) in [5, 5.41) is 2.90. The second kappa shape index (κ2) is 13.7. The van der Waals surface area contributed by atoms with Crippen molar-refractivity contribution in [2.75, 3.05) is 31.9 Å². The van der Waals surface area contributed by atoms with E-state index in [2.05, 4.69) is 37.9 Å². The van der Waals surface area contributed by atoms with Crippen LogP contribution in [0.15, 0.2) is 24.3 Å². The lowest BCUT2D eigenvalue weighted by Crippen LogP contribution is -2.34. The smallest absolute Gasteiger partial charge is 0.251 e. The minimum Gasteiger partial charge on any atom is -0.399 e. The molecule has 0 heterocycles. The Hall–Kier alpha value is -1.26. The van der Waals surface area contributed by atoms with Gasteiger partial charge in [-0.25, -0.2) is 0 Å². The molecular formula is C16H30ClN3O. The Morgan fingerprint density at radius 3 is 2.00 bits per heavy atom. The van der Waals surface area contributed by atoms with Crippen molar-refractivity contribution in [3.05, 3.63) is 29.8 Å². The fraction of sp³-hybridized carbons (Fsp3) is 0.562. The number of hydrogen-bond acceptors (Lipinski definition) is 3. The van der Waals surface area contributed by atoms with E-state index in [4.69, 9.17) is 5.73 Å². The number of amides is 1. The fourth-order valence-electron chi connectivity index (χ4n) is 1.60. The molecule has 0 aromatic heterocycles. The molecule has 0 unspecified atom stereocenters. The van der Waals surface area contributed by atoms with Gasteiger partial charge in [0, 0.05) is 24.3 Å². The standard InChI is InChI=1S/C13H21N3O.C3H8.ClH/c1-3-16(4-2)10-9-15-13(17)11-5-7-12(14)8-6-11;1-3-2;/h5-8H,3-4,9-10,14H2,1-2H3,(H,15,17);3H2,1-2H3;1H. The van der Waals surface area contributed by atoms with Crippen LogP contribution in [0.25, 0.3) is 0 Å². The number of halogens is 1. The van der Waals surface area contributed by atoms with Crippen LogP contribution in [-0.2, 0) is 0 Å². The summed E-state index contributed by atoms with van der Waals surface area (Å²) in [5.41, 5.74) is 6.89. The van der Waals surface area contributed by atoms with Crippen LogP contribution in [-0.4, -0.2) is 37.0 Å². The highest BCUT2D eigenvalue weighted by Gasteiger charge is 2.05. The molecule has 0 aliphatic heterocycles. The van der Waals surface area contributed by atoms with Crippen molar-refractivity contribution >= 4 is 24.0 Å². The van der Waals surface area contributed by atoms with Crippen LogP contribution in [0.3, 0.4) is 0 Å². The van der Waals surface area contributed by atoms with Gasteiger partial charge >= 0.3 is 0 Å². The molecule has 0 saturated heterocycles. The molecule has 1 aromatic rings. The number of carbonyl (C=O) groups excluding carboxylic acids is 1. The van der Waals surface area contributed by atoms with Gasteiger partial charge in [-0.3, -0.25) is 4.79 Å². The van der Waals surface area contributed by atoms with Gasteiger partial charge in [0.2, 0.25) is 0 Å². The number of nitrogens with one attached hydrogen (secondary N) is 1. The predicted octanol–water partition coefficient (Wildman–Crippen LogP) is 3.18. The maximum atomic E-state index is 11.7. The zero-order valence-corrected chi connectivity index (χ0v) is 14.5. The van der Waals surface area contributed by atoms with Crippen LogP contribution in [0.1, 0.15) is 44.5 Å². The Balaban J connectivity index is 0. The third kappa shape index (κ3) is 10.2. The average molecular weight is 316 g/mol. The molecule has 3 N–H and O–H groups in total. The lowest BCUT2D eigenvalue weighted by Gasteiger charge is -2.17. The number of hydrogen-bond donors (Lipinski definition) is 2. The molecule has 1 rings (SSSR count). The van der Waals surface area contributed by atoms with E-state index in [1.807, 2.05) is 0 Å². The summed E-state index contributed by atoms with van der Waals surface area (Å²) < 4.78 is 0. The summed E-state index contributed by atoms with van der Waals surface area (Å²) in [6.45, 7) is 12.1. The van der Waals surface area contributed by atoms with Crippen LogP contribution < -0.4 is 11.1 Å². The quantitative estimate of drug-likeness (QED) is 0.793. The van der Waals surface area contributed by atoms with Gasteiger partial charge in [0.1, 0.15) is 0 Å². The Morgan fingerprint density at radius 2 is 1.57 bits per heavy atom. The summed E-state index contributed by atoms with van der Waals surface area (Å²) >= 11 is 0. The molecule has 0 bridgehead atoms. The molecule has 5 heteroatoms. The number of rotatable bonds is 6. The number of likely N-dealkylation sites (N-methyl/N-ethyl adjacent to an activating group) is 1. The molecular weight excluding hydrogens is 286 g/mol. The van der Waals surface area contributed by atoms with Gasteiger partial charge in [0.25, 0.3) is 5.91 Å². The van der Waals surface area contributed by atoms with E-state index in [1.54, 1.807) is 24.3 Å². The first kappa shape index (κ1) is 22.0. The molecule has 0 saturated carbocycles. The summed E-state index contributed by atoms with van der Waals surface area (Å²) in [6.07, 6.45) is 1.25. The van der Waals surface area contributed by atoms with Crippen molar-refractivity contribution in [3.8, 4) is 0 Å². The SMILES string of the molecule is CCC.CCN(CC)CCNC(=O)c1ccc(N)cc1.Cl. The van der Waals surface area contributed by atoms with E-state index in [-0.39, 0.29) is 18.3 Å². The third-order valence-corrected chi connectivity index (χ3v) is 2.78. The van der Waals surface area contributed by atoms with Crippen molar-refractivity contribution in [2.24, 2.45) is 0 Å². The fourth-order valence-corrected chi connectivity index (χ4v) is 1.60. The summed E-state index contributed by atoms with van der Waals surface area (Å²) in [7, 11) is 0. The lowest BCUT2D eigenvalue weighted by molar-refractivity contribution is 0.0949. The van der Waals surface area contributed by atoms with E-state index >= 15 is 0 Å². The van der Waals surface area contributed by atoms with Gasteiger partial charge in [-0.15, -0.1) is 12.4 Å². The minimum absolute atomic E-state index is 0. The first-order chi connectivity index (χ1) is 9.58. The molecule has 0 radical (unpaired) electrons. The number of anilines is 1. The summed E-state index contributed by atoms with van der Waals surface area (Å²) in [6, 6.07) is 6.95. The topological polar surface area (TPSA) is 58.4 Å². The molecule has 0 fully saturated rings. The maximum Gasteiger partial charge on any atom is 0.251 e. The van der Waals surface area contributed by atoms with Crippen molar-refractivity contribution in [1.29, 1.82) is 0 Å². The lowest BCUT2D eigenvalue weighted by atomic mass is 10.2. The van der Waals surface area contributed by atoms with Gasteiger partial charge in [0.15, 0.2) is 0 Å². The molecule has 0 atom stereocenters. The number of nitrogens with two attached hydrogens (primary N) is 1. The number of nitrogens with zero attached hydrogens (tertiary/aromatic N) is 1. The first-order valence-corrected chi connectivity index (χ1v) is 7.44. The second-order valence-corrected chi connectivity index (χ2v) is 4.61. The van der Waals surface area contributed by atoms with Crippen LogP contribution in [0.4, 0.5) is 5.69 Å². The Kier molecular flexibility index (Phi) is 14.4. The highest BCUT2D eigenvalue weighted by molar-refractivity contribution is 5.94. The van der Waals surface area contributed by atoms with Crippen LogP contribution in [0, 0.1) is 0 Å². The van der Waals surface area contributed by atoms with Crippen molar-refractivity contribution in [2.45, 2.75) is 34.1 Å². The largest absolute Gasteiger partial charge is 0.399 e. The van der Waals surface area contributed by atoms with E-state index < -0.39 is 0 Å². The van der Waals surface area contributed by atoms with Crippen molar-refractivity contribution in [3.63, 3.8) is 0 Å². The van der Waals surface area contributed by atoms with Crippen molar-refractivity contribution in [1.82, 2.24) is 10.2 Å². The first-order valence-electron chi connectivity index (χ1n) is 7.44. The molecule has 1 amide bonds. The number of benzene rings is 1. The van der Waals surface area contributed by atoms with Gasteiger partial charge in [-0.1, -0.05) is 34.1 Å². The average Bonchev–Trinajstić information content (AvgIpc) is 2.45. The number of nitrogen functional groups attached to an aromatic ring is 1. The van der Waals surface area contributed by atoms with Crippen molar-refractivity contribution < 1.29 is 4.79 Å². The highest BCUT2D eigenvalue weighted by atomic mass is 35.5. The van der Waals surface area contributed by atoms with Gasteiger partial charge < -0.3 is 16.0 Å². The van der Waals surface area contributed by atoms with Crippen LogP contribution in [0.2, 0.25) is 0 Å². The third-order valence-electron chi connectivity index (χ3n) is 2.78. The maximum absolute atomic E-state index is 11.7.